The highest BCUT2D eigenvalue weighted by Gasteiger charge is 2.10. The van der Waals surface area contributed by atoms with E-state index >= 15 is 0 Å². The van der Waals surface area contributed by atoms with Crippen molar-refractivity contribution in [2.24, 2.45) is 0 Å². The van der Waals surface area contributed by atoms with Crippen LogP contribution in [0.15, 0.2) is 30.3 Å². The number of benzene rings is 1. The van der Waals surface area contributed by atoms with Gasteiger partial charge < -0.3 is 9.47 Å². The molecule has 0 amide bonds. The summed E-state index contributed by atoms with van der Waals surface area (Å²) >= 11 is 0. The van der Waals surface area contributed by atoms with Crippen molar-refractivity contribution >= 4 is 0 Å². The SMILES string of the molecule is CO[C@H](COC(C)C)c1ccccc1. The van der Waals surface area contributed by atoms with Gasteiger partial charge in [-0.15, -0.1) is 0 Å². The third-order valence-corrected chi connectivity index (χ3v) is 2.04. The normalized spacial score (nSPS) is 13.1. The number of methoxy groups -OCH3 is 1. The maximum atomic E-state index is 5.52. The van der Waals surface area contributed by atoms with Crippen LogP contribution < -0.4 is 0 Å². The van der Waals surface area contributed by atoms with E-state index in [1.165, 1.54) is 0 Å². The molecule has 0 unspecified atom stereocenters. The Morgan fingerprint density at radius 3 is 2.29 bits per heavy atom. The number of rotatable bonds is 5. The third kappa shape index (κ3) is 3.48. The van der Waals surface area contributed by atoms with Crippen LogP contribution in [0.5, 0.6) is 0 Å². The predicted octanol–water partition coefficient (Wildman–Crippen LogP) is 2.80. The summed E-state index contributed by atoms with van der Waals surface area (Å²) in [4.78, 5) is 0. The molecule has 78 valence electrons. The summed E-state index contributed by atoms with van der Waals surface area (Å²) in [6, 6.07) is 10.1. The first-order valence-electron chi connectivity index (χ1n) is 4.93. The Morgan fingerprint density at radius 2 is 1.79 bits per heavy atom. The minimum Gasteiger partial charge on any atom is -0.376 e. The Labute approximate surface area is 85.8 Å². The average Bonchev–Trinajstić information content (AvgIpc) is 2.20. The highest BCUT2D eigenvalue weighted by Crippen LogP contribution is 2.16. The van der Waals surface area contributed by atoms with E-state index in [4.69, 9.17) is 9.47 Å². The van der Waals surface area contributed by atoms with Gasteiger partial charge in [0.2, 0.25) is 0 Å². The molecule has 0 aliphatic carbocycles. The molecule has 1 rings (SSSR count). The highest BCUT2D eigenvalue weighted by molar-refractivity contribution is 5.17. The second kappa shape index (κ2) is 5.78. The fourth-order valence-corrected chi connectivity index (χ4v) is 1.25. The standard InChI is InChI=1S/C12H18O2/c1-10(2)14-9-12(13-3)11-7-5-4-6-8-11/h4-8,10,12H,9H2,1-3H3/t12-/m1/s1. The first-order chi connectivity index (χ1) is 6.74. The Hall–Kier alpha value is -0.860. The van der Waals surface area contributed by atoms with Gasteiger partial charge in [-0.25, -0.2) is 0 Å². The van der Waals surface area contributed by atoms with Crippen molar-refractivity contribution in [2.75, 3.05) is 13.7 Å². The Bertz CT molecular complexity index is 244. The lowest BCUT2D eigenvalue weighted by molar-refractivity contribution is -0.0165. The summed E-state index contributed by atoms with van der Waals surface area (Å²) in [6.07, 6.45) is 0.287. The van der Waals surface area contributed by atoms with E-state index in [0.29, 0.717) is 6.61 Å². The fourth-order valence-electron chi connectivity index (χ4n) is 1.25. The first-order valence-corrected chi connectivity index (χ1v) is 4.93. The molecule has 2 nitrogen and oxygen atoms in total. The molecule has 0 spiro atoms. The largest absolute Gasteiger partial charge is 0.376 e. The van der Waals surface area contributed by atoms with E-state index in [1.54, 1.807) is 7.11 Å². The lowest BCUT2D eigenvalue weighted by Gasteiger charge is -2.17. The van der Waals surface area contributed by atoms with Crippen molar-refractivity contribution in [3.8, 4) is 0 Å². The van der Waals surface area contributed by atoms with Crippen molar-refractivity contribution in [1.82, 2.24) is 0 Å². The van der Waals surface area contributed by atoms with Crippen LogP contribution in [0, 0.1) is 0 Å². The number of hydrogen-bond donors (Lipinski definition) is 0. The number of hydrogen-bond acceptors (Lipinski definition) is 2. The van der Waals surface area contributed by atoms with E-state index in [1.807, 2.05) is 32.0 Å². The Morgan fingerprint density at radius 1 is 1.14 bits per heavy atom. The van der Waals surface area contributed by atoms with Gasteiger partial charge in [-0.05, 0) is 19.4 Å². The molecule has 0 aliphatic rings. The Kier molecular flexibility index (Phi) is 4.63. The van der Waals surface area contributed by atoms with E-state index in [2.05, 4.69) is 12.1 Å². The topological polar surface area (TPSA) is 18.5 Å². The van der Waals surface area contributed by atoms with Gasteiger partial charge in [0.15, 0.2) is 0 Å². The highest BCUT2D eigenvalue weighted by atomic mass is 16.5. The zero-order valence-electron chi connectivity index (χ0n) is 9.07. The van der Waals surface area contributed by atoms with Crippen LogP contribution in [0.4, 0.5) is 0 Å². The Balaban J connectivity index is 2.54. The van der Waals surface area contributed by atoms with E-state index in [-0.39, 0.29) is 12.2 Å². The smallest absolute Gasteiger partial charge is 0.105 e. The average molecular weight is 194 g/mol. The molecule has 0 aliphatic heterocycles. The molecule has 1 aromatic carbocycles. The minimum atomic E-state index is 0.0404. The second-order valence-electron chi connectivity index (χ2n) is 3.52. The van der Waals surface area contributed by atoms with Crippen LogP contribution in [0.2, 0.25) is 0 Å². The first kappa shape index (κ1) is 11.2. The second-order valence-corrected chi connectivity index (χ2v) is 3.52. The summed E-state index contributed by atoms with van der Waals surface area (Å²) in [5.74, 6) is 0. The molecule has 0 aromatic heterocycles. The van der Waals surface area contributed by atoms with Crippen molar-refractivity contribution in [3.05, 3.63) is 35.9 Å². The molecular weight excluding hydrogens is 176 g/mol. The maximum Gasteiger partial charge on any atom is 0.105 e. The zero-order valence-corrected chi connectivity index (χ0v) is 9.07. The van der Waals surface area contributed by atoms with Crippen LogP contribution in [-0.2, 0) is 9.47 Å². The molecule has 2 heteroatoms. The molecule has 1 aromatic rings. The fraction of sp³-hybridized carbons (Fsp3) is 0.500. The van der Waals surface area contributed by atoms with Gasteiger partial charge in [0.25, 0.3) is 0 Å². The zero-order chi connectivity index (χ0) is 10.4. The third-order valence-electron chi connectivity index (χ3n) is 2.04. The van der Waals surface area contributed by atoms with Gasteiger partial charge in [0.05, 0.1) is 12.7 Å². The quantitative estimate of drug-likeness (QED) is 0.717. The molecule has 0 radical (unpaired) electrons. The maximum absolute atomic E-state index is 5.52. The van der Waals surface area contributed by atoms with Gasteiger partial charge in [0.1, 0.15) is 6.10 Å². The summed E-state index contributed by atoms with van der Waals surface area (Å²) in [5.41, 5.74) is 1.16. The molecule has 0 N–H and O–H groups in total. The van der Waals surface area contributed by atoms with Crippen molar-refractivity contribution in [3.63, 3.8) is 0 Å². The van der Waals surface area contributed by atoms with Crippen LogP contribution in [0.1, 0.15) is 25.5 Å². The van der Waals surface area contributed by atoms with Gasteiger partial charge >= 0.3 is 0 Å². The molecule has 1 atom stereocenters. The molecule has 14 heavy (non-hydrogen) atoms. The van der Waals surface area contributed by atoms with E-state index in [0.717, 1.165) is 5.56 Å². The summed E-state index contributed by atoms with van der Waals surface area (Å²) in [7, 11) is 1.71. The summed E-state index contributed by atoms with van der Waals surface area (Å²) < 4.78 is 10.9. The van der Waals surface area contributed by atoms with Crippen LogP contribution in [0.25, 0.3) is 0 Å². The van der Waals surface area contributed by atoms with E-state index < -0.39 is 0 Å². The molecular formula is C12H18O2. The minimum absolute atomic E-state index is 0.0404. The van der Waals surface area contributed by atoms with Crippen LogP contribution in [-0.4, -0.2) is 19.8 Å². The lowest BCUT2D eigenvalue weighted by Crippen LogP contribution is -2.13. The summed E-state index contributed by atoms with van der Waals surface area (Å²) in [6.45, 7) is 4.66. The monoisotopic (exact) mass is 194 g/mol. The van der Waals surface area contributed by atoms with Gasteiger partial charge in [-0.2, -0.15) is 0 Å². The predicted molar refractivity (Wildman–Crippen MR) is 57.3 cm³/mol. The molecule has 0 saturated heterocycles. The molecule has 0 fully saturated rings. The molecule has 0 bridgehead atoms. The van der Waals surface area contributed by atoms with Gasteiger partial charge in [0, 0.05) is 7.11 Å². The van der Waals surface area contributed by atoms with Crippen molar-refractivity contribution in [2.45, 2.75) is 26.1 Å². The summed E-state index contributed by atoms with van der Waals surface area (Å²) in [5, 5.41) is 0. The molecule has 0 saturated carbocycles. The van der Waals surface area contributed by atoms with Crippen LogP contribution in [0.3, 0.4) is 0 Å². The lowest BCUT2D eigenvalue weighted by atomic mass is 10.1. The van der Waals surface area contributed by atoms with Gasteiger partial charge in [-0.1, -0.05) is 30.3 Å². The van der Waals surface area contributed by atoms with E-state index in [9.17, 15) is 0 Å². The van der Waals surface area contributed by atoms with Crippen molar-refractivity contribution in [1.29, 1.82) is 0 Å². The molecule has 0 heterocycles. The van der Waals surface area contributed by atoms with Gasteiger partial charge in [-0.3, -0.25) is 0 Å². The van der Waals surface area contributed by atoms with Crippen LogP contribution >= 0.6 is 0 Å². The number of ether oxygens (including phenoxy) is 2. The van der Waals surface area contributed by atoms with Crippen molar-refractivity contribution < 1.29 is 9.47 Å².